The molecule has 0 amide bonds. The molecule has 1 heteroatoms. The highest BCUT2D eigenvalue weighted by Gasteiger charge is 1.80. The van der Waals surface area contributed by atoms with Gasteiger partial charge in [-0.25, -0.2) is 0 Å². The van der Waals surface area contributed by atoms with Crippen LogP contribution in [0.3, 0.4) is 0 Å². The van der Waals surface area contributed by atoms with Gasteiger partial charge in [-0.3, -0.25) is 0 Å². The molecule has 1 N–H and O–H groups in total. The van der Waals surface area contributed by atoms with Crippen LogP contribution in [0.2, 0.25) is 0 Å². The van der Waals surface area contributed by atoms with Crippen molar-refractivity contribution in [3.63, 3.8) is 0 Å². The van der Waals surface area contributed by atoms with Crippen LogP contribution in [0.5, 0.6) is 0 Å². The average Bonchev–Trinajstić information content (AvgIpc) is 1.89. The van der Waals surface area contributed by atoms with Gasteiger partial charge in [-0.1, -0.05) is 31.4 Å². The fraction of sp³-hybridized carbons (Fsp3) is 0.250. The summed E-state index contributed by atoms with van der Waals surface area (Å²) in [5.41, 5.74) is 1.02. The molecule has 0 aliphatic carbocycles. The molecular weight excluding hydrogens is 110 g/mol. The van der Waals surface area contributed by atoms with Gasteiger partial charge in [0, 0.05) is 19.2 Å². The summed E-state index contributed by atoms with van der Waals surface area (Å²) in [4.78, 5) is 0. The number of nitrogens with one attached hydrogen (secondary N) is 1. The second kappa shape index (κ2) is 5.16. The van der Waals surface area contributed by atoms with Gasteiger partial charge in [0.2, 0.25) is 0 Å². The fourth-order valence-corrected chi connectivity index (χ4v) is 0.409. The van der Waals surface area contributed by atoms with Gasteiger partial charge in [0.05, 0.1) is 0 Å². The molecule has 0 aromatic rings. The van der Waals surface area contributed by atoms with Gasteiger partial charge in [-0.05, 0) is 0 Å². The fourth-order valence-electron chi connectivity index (χ4n) is 0.409. The molecule has 0 unspecified atom stereocenters. The van der Waals surface area contributed by atoms with Crippen LogP contribution in [-0.2, 0) is 0 Å². The van der Waals surface area contributed by atoms with Crippen LogP contribution < -0.4 is 5.32 Å². The molecule has 0 bridgehead atoms. The molecule has 0 fully saturated rings. The van der Waals surface area contributed by atoms with Gasteiger partial charge in [0.1, 0.15) is 0 Å². The maximum Gasteiger partial charge on any atom is 0.00694 e. The lowest BCUT2D eigenvalue weighted by molar-refractivity contribution is 0.947. The van der Waals surface area contributed by atoms with Crippen LogP contribution in [-0.4, -0.2) is 7.05 Å². The lowest BCUT2D eigenvalue weighted by atomic mass is 10.3. The molecule has 1 nitrogen and oxygen atoms in total. The van der Waals surface area contributed by atoms with Crippen molar-refractivity contribution in [2.45, 2.75) is 6.42 Å². The van der Waals surface area contributed by atoms with Crippen molar-refractivity contribution in [3.05, 3.63) is 37.1 Å². The Labute approximate surface area is 56.8 Å². The first kappa shape index (κ1) is 8.02. The smallest absolute Gasteiger partial charge is 0.00694 e. The van der Waals surface area contributed by atoms with Crippen molar-refractivity contribution >= 4 is 0 Å². The molecule has 9 heavy (non-hydrogen) atoms. The topological polar surface area (TPSA) is 12.0 Å². The van der Waals surface area contributed by atoms with E-state index in [0.29, 0.717) is 0 Å². The number of hydrogen-bond donors (Lipinski definition) is 1. The summed E-state index contributed by atoms with van der Waals surface area (Å²) in [5.74, 6) is 0. The maximum absolute atomic E-state index is 3.75. The van der Waals surface area contributed by atoms with E-state index in [1.54, 1.807) is 6.08 Å². The van der Waals surface area contributed by atoms with Gasteiger partial charge in [-0.15, -0.1) is 0 Å². The Hall–Kier alpha value is -0.980. The Kier molecular flexibility index (Phi) is 4.60. The SMILES string of the molecule is C=C/C=C\CC(=C)NC. The lowest BCUT2D eigenvalue weighted by Gasteiger charge is -1.96. The van der Waals surface area contributed by atoms with Crippen molar-refractivity contribution in [1.82, 2.24) is 5.32 Å². The molecule has 0 spiro atoms. The minimum Gasteiger partial charge on any atom is -0.392 e. The Balaban J connectivity index is 3.37. The Bertz CT molecular complexity index is 123. The number of rotatable bonds is 4. The highest BCUT2D eigenvalue weighted by atomic mass is 14.8. The predicted molar refractivity (Wildman–Crippen MR) is 42.2 cm³/mol. The van der Waals surface area contributed by atoms with Gasteiger partial charge in [0.15, 0.2) is 0 Å². The van der Waals surface area contributed by atoms with Crippen LogP contribution in [0.15, 0.2) is 37.1 Å². The monoisotopic (exact) mass is 123 g/mol. The predicted octanol–water partition coefficient (Wildman–Crippen LogP) is 1.85. The van der Waals surface area contributed by atoms with Crippen molar-refractivity contribution in [3.8, 4) is 0 Å². The molecule has 0 aromatic heterocycles. The van der Waals surface area contributed by atoms with Gasteiger partial charge >= 0.3 is 0 Å². The average molecular weight is 123 g/mol. The Morgan fingerprint density at radius 2 is 2.33 bits per heavy atom. The van der Waals surface area contributed by atoms with Crippen molar-refractivity contribution in [2.75, 3.05) is 7.05 Å². The van der Waals surface area contributed by atoms with E-state index in [2.05, 4.69) is 18.5 Å². The zero-order chi connectivity index (χ0) is 7.11. The van der Waals surface area contributed by atoms with E-state index in [-0.39, 0.29) is 0 Å². The third-order valence-electron chi connectivity index (χ3n) is 0.990. The second-order valence-corrected chi connectivity index (χ2v) is 1.72. The van der Waals surface area contributed by atoms with Crippen LogP contribution in [0.25, 0.3) is 0 Å². The third-order valence-corrected chi connectivity index (χ3v) is 0.990. The molecular formula is C8H13N. The van der Waals surface area contributed by atoms with Crippen LogP contribution >= 0.6 is 0 Å². The summed E-state index contributed by atoms with van der Waals surface area (Å²) in [5, 5.41) is 2.94. The first-order chi connectivity index (χ1) is 4.31. The zero-order valence-corrected chi connectivity index (χ0v) is 5.85. The van der Waals surface area contributed by atoms with E-state index in [1.165, 1.54) is 0 Å². The van der Waals surface area contributed by atoms with Crippen LogP contribution in [0.1, 0.15) is 6.42 Å². The molecule has 50 valence electrons. The summed E-state index contributed by atoms with van der Waals surface area (Å²) in [6.07, 6.45) is 6.54. The quantitative estimate of drug-likeness (QED) is 0.562. The largest absolute Gasteiger partial charge is 0.392 e. The van der Waals surface area contributed by atoms with Crippen molar-refractivity contribution < 1.29 is 0 Å². The number of allylic oxidation sites excluding steroid dienone is 3. The molecule has 0 saturated heterocycles. The minimum absolute atomic E-state index is 0.878. The first-order valence-electron chi connectivity index (χ1n) is 2.94. The Morgan fingerprint density at radius 1 is 1.67 bits per heavy atom. The van der Waals surface area contributed by atoms with E-state index in [1.807, 2.05) is 19.2 Å². The highest BCUT2D eigenvalue weighted by molar-refractivity contribution is 5.04. The molecule has 0 aromatic carbocycles. The van der Waals surface area contributed by atoms with Crippen LogP contribution in [0, 0.1) is 0 Å². The van der Waals surface area contributed by atoms with Gasteiger partial charge in [-0.2, -0.15) is 0 Å². The van der Waals surface area contributed by atoms with Crippen LogP contribution in [0.4, 0.5) is 0 Å². The first-order valence-corrected chi connectivity index (χ1v) is 2.94. The van der Waals surface area contributed by atoms with Crippen molar-refractivity contribution in [2.24, 2.45) is 0 Å². The molecule has 0 atom stereocenters. The van der Waals surface area contributed by atoms with Gasteiger partial charge in [0.25, 0.3) is 0 Å². The van der Waals surface area contributed by atoms with E-state index in [4.69, 9.17) is 0 Å². The summed E-state index contributed by atoms with van der Waals surface area (Å²) in [6.45, 7) is 7.29. The highest BCUT2D eigenvalue weighted by Crippen LogP contribution is 1.92. The summed E-state index contributed by atoms with van der Waals surface area (Å²) < 4.78 is 0. The molecule has 0 aliphatic rings. The molecule has 0 rings (SSSR count). The lowest BCUT2D eigenvalue weighted by Crippen LogP contribution is -2.02. The van der Waals surface area contributed by atoms with Gasteiger partial charge < -0.3 is 5.32 Å². The second-order valence-electron chi connectivity index (χ2n) is 1.72. The van der Waals surface area contributed by atoms with E-state index >= 15 is 0 Å². The maximum atomic E-state index is 3.75. The van der Waals surface area contributed by atoms with E-state index in [9.17, 15) is 0 Å². The molecule has 0 saturated carbocycles. The zero-order valence-electron chi connectivity index (χ0n) is 5.85. The Morgan fingerprint density at radius 3 is 2.78 bits per heavy atom. The van der Waals surface area contributed by atoms with E-state index in [0.717, 1.165) is 12.1 Å². The van der Waals surface area contributed by atoms with E-state index < -0.39 is 0 Å². The summed E-state index contributed by atoms with van der Waals surface area (Å²) >= 11 is 0. The summed E-state index contributed by atoms with van der Waals surface area (Å²) in [7, 11) is 1.87. The minimum atomic E-state index is 0.878. The molecule has 0 radical (unpaired) electrons. The normalized spacial score (nSPS) is 9.44. The number of hydrogen-bond acceptors (Lipinski definition) is 1. The third kappa shape index (κ3) is 4.88. The summed E-state index contributed by atoms with van der Waals surface area (Å²) in [6, 6.07) is 0. The van der Waals surface area contributed by atoms with Crippen molar-refractivity contribution in [1.29, 1.82) is 0 Å². The molecule has 0 aliphatic heterocycles. The molecule has 0 heterocycles. The standard InChI is InChI=1S/C8H13N/c1-4-5-6-7-8(2)9-3/h4-6,9H,1-2,7H2,3H3/b6-5-.